The van der Waals surface area contributed by atoms with E-state index in [0.29, 0.717) is 11.4 Å². The molecular formula is C26H32ClFN4O. The number of anilines is 2. The molecule has 1 amide bonds. The lowest BCUT2D eigenvalue weighted by Gasteiger charge is -2.43. The van der Waals surface area contributed by atoms with Crippen LogP contribution in [0.25, 0.3) is 0 Å². The average molecular weight is 471 g/mol. The van der Waals surface area contributed by atoms with Gasteiger partial charge in [0.25, 0.3) is 0 Å². The zero-order valence-electron chi connectivity index (χ0n) is 18.9. The fourth-order valence-electron chi connectivity index (χ4n) is 6.02. The van der Waals surface area contributed by atoms with Crippen LogP contribution in [0.3, 0.4) is 0 Å². The monoisotopic (exact) mass is 470 g/mol. The van der Waals surface area contributed by atoms with Gasteiger partial charge in [-0.25, -0.2) is 4.39 Å². The van der Waals surface area contributed by atoms with E-state index in [-0.39, 0.29) is 22.9 Å². The maximum Gasteiger partial charge on any atom is 0.228 e. The minimum atomic E-state index is -0.971. The number of nitrogens with zero attached hydrogens (tertiary/aromatic N) is 1. The summed E-state index contributed by atoms with van der Waals surface area (Å²) in [5.41, 5.74) is 1.06. The van der Waals surface area contributed by atoms with Gasteiger partial charge in [0.1, 0.15) is 5.82 Å². The third-order valence-electron chi connectivity index (χ3n) is 7.61. The molecule has 1 aromatic heterocycles. The topological polar surface area (TPSA) is 66.0 Å². The molecule has 2 aromatic rings. The Hall–Kier alpha value is -2.34. The van der Waals surface area contributed by atoms with Crippen molar-refractivity contribution in [3.05, 3.63) is 53.1 Å². The molecule has 5 rings (SSSR count). The normalized spacial score (nSPS) is 24.4. The molecule has 2 heterocycles. The minimum Gasteiger partial charge on any atom is -0.355 e. The van der Waals surface area contributed by atoms with Crippen molar-refractivity contribution in [2.75, 3.05) is 10.6 Å². The van der Waals surface area contributed by atoms with Gasteiger partial charge in [-0.05, 0) is 49.8 Å². The number of aromatic nitrogens is 1. The highest BCUT2D eigenvalue weighted by Crippen LogP contribution is 2.49. The second-order valence-corrected chi connectivity index (χ2v) is 10.2. The van der Waals surface area contributed by atoms with Gasteiger partial charge in [-0.1, -0.05) is 56.2 Å². The van der Waals surface area contributed by atoms with Crippen molar-refractivity contribution < 1.29 is 9.18 Å². The largest absolute Gasteiger partial charge is 0.355 e. The number of benzene rings is 1. The first-order chi connectivity index (χ1) is 16.1. The number of halogens is 2. The van der Waals surface area contributed by atoms with Crippen LogP contribution >= 0.6 is 11.6 Å². The van der Waals surface area contributed by atoms with Gasteiger partial charge in [0.05, 0.1) is 28.0 Å². The molecule has 1 aromatic carbocycles. The predicted octanol–water partition coefficient (Wildman–Crippen LogP) is 6.21. The number of fused-ring (bicyclic) bond motifs is 1. The van der Waals surface area contributed by atoms with E-state index in [2.05, 4.69) is 20.9 Å². The SMILES string of the molecule is O=C(NC1CCCCC1)C(C1CCCCC1)C1(c2ccccn2)Nc2cc(F)c(Cl)cc2N1. The molecule has 0 radical (unpaired) electrons. The second kappa shape index (κ2) is 9.49. The van der Waals surface area contributed by atoms with E-state index in [4.69, 9.17) is 11.6 Å². The summed E-state index contributed by atoms with van der Waals surface area (Å²) in [6.07, 6.45) is 12.8. The van der Waals surface area contributed by atoms with Crippen LogP contribution in [0.15, 0.2) is 36.5 Å². The number of nitrogens with one attached hydrogen (secondary N) is 3. The van der Waals surface area contributed by atoms with Crippen molar-refractivity contribution in [2.45, 2.75) is 75.9 Å². The van der Waals surface area contributed by atoms with Crippen LogP contribution < -0.4 is 16.0 Å². The Kier molecular flexibility index (Phi) is 6.46. The molecule has 0 spiro atoms. The molecular weight excluding hydrogens is 439 g/mol. The number of pyridine rings is 1. The molecule has 3 N–H and O–H groups in total. The first kappa shape index (κ1) is 22.5. The second-order valence-electron chi connectivity index (χ2n) is 9.80. The van der Waals surface area contributed by atoms with Crippen molar-refractivity contribution in [3.63, 3.8) is 0 Å². The van der Waals surface area contributed by atoms with Crippen LogP contribution in [-0.4, -0.2) is 16.9 Å². The lowest BCUT2D eigenvalue weighted by molar-refractivity contribution is -0.130. The Morgan fingerprint density at radius 1 is 1.03 bits per heavy atom. The molecule has 2 atom stereocenters. The third kappa shape index (κ3) is 4.42. The fraction of sp³-hybridized carbons (Fsp3) is 0.538. The van der Waals surface area contributed by atoms with Gasteiger partial charge in [-0.3, -0.25) is 9.78 Å². The summed E-state index contributed by atoms with van der Waals surface area (Å²) in [5.74, 6) is -0.635. The molecule has 5 nitrogen and oxygen atoms in total. The Bertz CT molecular complexity index is 958. The Morgan fingerprint density at radius 2 is 1.70 bits per heavy atom. The van der Waals surface area contributed by atoms with Gasteiger partial charge in [0.15, 0.2) is 5.66 Å². The number of hydrogen-bond acceptors (Lipinski definition) is 4. The number of rotatable bonds is 5. The van der Waals surface area contributed by atoms with Crippen molar-refractivity contribution in [3.8, 4) is 0 Å². The maximum atomic E-state index is 14.4. The summed E-state index contributed by atoms with van der Waals surface area (Å²) in [6, 6.07) is 8.96. The molecule has 2 aliphatic carbocycles. The number of carbonyl (C=O) groups excluding carboxylic acids is 1. The fourth-order valence-corrected chi connectivity index (χ4v) is 6.18. The zero-order valence-corrected chi connectivity index (χ0v) is 19.6. The van der Waals surface area contributed by atoms with E-state index >= 15 is 0 Å². The summed E-state index contributed by atoms with van der Waals surface area (Å²) >= 11 is 6.11. The van der Waals surface area contributed by atoms with E-state index in [1.54, 1.807) is 12.3 Å². The molecule has 0 bridgehead atoms. The predicted molar refractivity (Wildman–Crippen MR) is 130 cm³/mol. The zero-order chi connectivity index (χ0) is 22.8. The summed E-state index contributed by atoms with van der Waals surface area (Å²) in [4.78, 5) is 18.7. The molecule has 0 saturated heterocycles. The molecule has 3 aliphatic rings. The summed E-state index contributed by atoms with van der Waals surface area (Å²) in [5, 5.41) is 10.5. The van der Waals surface area contributed by atoms with Gasteiger partial charge in [0, 0.05) is 18.3 Å². The van der Waals surface area contributed by atoms with E-state index in [9.17, 15) is 9.18 Å². The van der Waals surface area contributed by atoms with E-state index in [1.165, 1.54) is 18.9 Å². The lowest BCUT2D eigenvalue weighted by Crippen LogP contribution is -2.57. The van der Waals surface area contributed by atoms with Crippen LogP contribution in [0.5, 0.6) is 0 Å². The van der Waals surface area contributed by atoms with Gasteiger partial charge >= 0.3 is 0 Å². The van der Waals surface area contributed by atoms with Crippen LogP contribution in [0.2, 0.25) is 5.02 Å². The van der Waals surface area contributed by atoms with Crippen LogP contribution in [0, 0.1) is 17.7 Å². The standard InChI is InChI=1S/C26H32ClFN4O/c27-19-15-21-22(16-20(19)28)32-26(31-21,23-13-7-8-14-29-23)24(17-9-3-1-4-10-17)25(33)30-18-11-5-2-6-12-18/h7-8,13-18,24,31-32H,1-6,9-12H2,(H,30,33). The van der Waals surface area contributed by atoms with Gasteiger partial charge in [-0.2, -0.15) is 0 Å². The number of hydrogen-bond donors (Lipinski definition) is 3. The molecule has 2 unspecified atom stereocenters. The highest BCUT2D eigenvalue weighted by molar-refractivity contribution is 6.31. The molecule has 7 heteroatoms. The van der Waals surface area contributed by atoms with Crippen molar-refractivity contribution in [1.29, 1.82) is 0 Å². The van der Waals surface area contributed by atoms with Gasteiger partial charge in [0.2, 0.25) is 5.91 Å². The van der Waals surface area contributed by atoms with E-state index < -0.39 is 17.4 Å². The minimum absolute atomic E-state index is 0.0545. The molecule has 33 heavy (non-hydrogen) atoms. The molecule has 2 saturated carbocycles. The Labute approximate surface area is 199 Å². The highest BCUT2D eigenvalue weighted by atomic mass is 35.5. The van der Waals surface area contributed by atoms with E-state index in [1.807, 2.05) is 18.2 Å². The number of amides is 1. The first-order valence-electron chi connectivity index (χ1n) is 12.3. The highest BCUT2D eigenvalue weighted by Gasteiger charge is 2.53. The Morgan fingerprint density at radius 3 is 2.36 bits per heavy atom. The quantitative estimate of drug-likeness (QED) is 0.486. The summed E-state index contributed by atoms with van der Waals surface area (Å²) in [6.45, 7) is 0. The van der Waals surface area contributed by atoms with Crippen molar-refractivity contribution in [1.82, 2.24) is 10.3 Å². The van der Waals surface area contributed by atoms with Gasteiger partial charge in [-0.15, -0.1) is 0 Å². The molecule has 176 valence electrons. The van der Waals surface area contributed by atoms with Crippen molar-refractivity contribution in [2.24, 2.45) is 11.8 Å². The first-order valence-corrected chi connectivity index (χ1v) is 12.7. The smallest absolute Gasteiger partial charge is 0.228 e. The maximum absolute atomic E-state index is 14.4. The van der Waals surface area contributed by atoms with Crippen LogP contribution in [0.4, 0.5) is 15.8 Å². The number of carbonyl (C=O) groups is 1. The van der Waals surface area contributed by atoms with Crippen LogP contribution in [-0.2, 0) is 10.5 Å². The summed E-state index contributed by atoms with van der Waals surface area (Å²) < 4.78 is 14.4. The average Bonchev–Trinajstić information content (AvgIpc) is 3.20. The third-order valence-corrected chi connectivity index (χ3v) is 7.90. The molecule has 2 fully saturated rings. The summed E-state index contributed by atoms with van der Waals surface area (Å²) in [7, 11) is 0. The lowest BCUT2D eigenvalue weighted by atomic mass is 9.72. The molecule has 1 aliphatic heterocycles. The van der Waals surface area contributed by atoms with Crippen molar-refractivity contribution >= 4 is 28.9 Å². The van der Waals surface area contributed by atoms with E-state index in [0.717, 1.165) is 57.1 Å². The van der Waals surface area contributed by atoms with Crippen LogP contribution in [0.1, 0.15) is 69.9 Å². The Balaban J connectivity index is 1.57. The van der Waals surface area contributed by atoms with Gasteiger partial charge < -0.3 is 16.0 Å².